The van der Waals surface area contributed by atoms with Gasteiger partial charge in [0.15, 0.2) is 0 Å². The molecule has 0 amide bonds. The molecule has 2 rings (SSSR count). The predicted molar refractivity (Wildman–Crippen MR) is 60.7 cm³/mol. The van der Waals surface area contributed by atoms with E-state index in [9.17, 15) is 0 Å². The van der Waals surface area contributed by atoms with Crippen LogP contribution >= 0.6 is 0 Å². The molecule has 1 heteroatoms. The lowest BCUT2D eigenvalue weighted by molar-refractivity contribution is 0.303. The summed E-state index contributed by atoms with van der Waals surface area (Å²) in [6.07, 6.45) is 3.61. The van der Waals surface area contributed by atoms with Crippen molar-refractivity contribution >= 4 is 0 Å². The Balaban J connectivity index is 2.22. The van der Waals surface area contributed by atoms with Gasteiger partial charge in [0.05, 0.1) is 0 Å². The van der Waals surface area contributed by atoms with Crippen molar-refractivity contribution in [3.63, 3.8) is 0 Å². The van der Waals surface area contributed by atoms with E-state index in [0.717, 1.165) is 12.5 Å². The zero-order valence-electron chi connectivity index (χ0n) is 9.38. The minimum Gasteiger partial charge on any atom is -0.306 e. The fourth-order valence-corrected chi connectivity index (χ4v) is 2.23. The van der Waals surface area contributed by atoms with Crippen LogP contribution in [0.3, 0.4) is 0 Å². The van der Waals surface area contributed by atoms with Crippen molar-refractivity contribution in [1.82, 2.24) is 4.90 Å². The maximum absolute atomic E-state index is 2.39. The molecular weight excluding hydrogens is 170 g/mol. The number of likely N-dealkylation sites (N-methyl/N-ethyl adjacent to an activating group) is 1. The molecule has 76 valence electrons. The van der Waals surface area contributed by atoms with Crippen molar-refractivity contribution in [2.45, 2.75) is 32.2 Å². The second kappa shape index (κ2) is 3.74. The number of rotatable bonds is 2. The van der Waals surface area contributed by atoms with Crippen molar-refractivity contribution in [2.24, 2.45) is 0 Å². The van der Waals surface area contributed by atoms with E-state index in [0.29, 0.717) is 0 Å². The molecule has 0 saturated carbocycles. The standard InChI is InChI=1S/C13H19N/c1-4-10-5-6-11-8-13(14(2)3)9-12(11)7-10/h5-7,13H,4,8-9H2,1-3H3. The molecule has 1 aromatic rings. The van der Waals surface area contributed by atoms with Gasteiger partial charge in [-0.25, -0.2) is 0 Å². The summed E-state index contributed by atoms with van der Waals surface area (Å²) in [5.74, 6) is 0. The highest BCUT2D eigenvalue weighted by Gasteiger charge is 2.22. The lowest BCUT2D eigenvalue weighted by atomic mass is 10.1. The van der Waals surface area contributed by atoms with E-state index in [2.05, 4.69) is 44.1 Å². The molecule has 1 unspecified atom stereocenters. The molecule has 1 nitrogen and oxygen atoms in total. The molecule has 0 spiro atoms. The van der Waals surface area contributed by atoms with Crippen LogP contribution in [0.2, 0.25) is 0 Å². The first-order chi connectivity index (χ1) is 6.70. The summed E-state index contributed by atoms with van der Waals surface area (Å²) in [5.41, 5.74) is 4.60. The molecule has 0 heterocycles. The third kappa shape index (κ3) is 1.69. The molecule has 0 aliphatic heterocycles. The van der Waals surface area contributed by atoms with Crippen molar-refractivity contribution in [3.8, 4) is 0 Å². The largest absolute Gasteiger partial charge is 0.306 e. The van der Waals surface area contributed by atoms with E-state index >= 15 is 0 Å². The SMILES string of the molecule is CCc1ccc2c(c1)CC(N(C)C)C2. The van der Waals surface area contributed by atoms with Gasteiger partial charge in [-0.1, -0.05) is 25.1 Å². The smallest absolute Gasteiger partial charge is 0.0170 e. The second-order valence-corrected chi connectivity index (χ2v) is 4.48. The van der Waals surface area contributed by atoms with Crippen molar-refractivity contribution in [2.75, 3.05) is 14.1 Å². The minimum atomic E-state index is 0.720. The van der Waals surface area contributed by atoms with Crippen LogP contribution < -0.4 is 0 Å². The van der Waals surface area contributed by atoms with Gasteiger partial charge in [-0.3, -0.25) is 0 Å². The van der Waals surface area contributed by atoms with Gasteiger partial charge in [-0.15, -0.1) is 0 Å². The zero-order chi connectivity index (χ0) is 10.1. The number of hydrogen-bond acceptors (Lipinski definition) is 1. The van der Waals surface area contributed by atoms with Gasteiger partial charge in [0.1, 0.15) is 0 Å². The van der Waals surface area contributed by atoms with Crippen molar-refractivity contribution in [1.29, 1.82) is 0 Å². The highest BCUT2D eigenvalue weighted by atomic mass is 15.1. The first-order valence-electron chi connectivity index (χ1n) is 5.47. The topological polar surface area (TPSA) is 3.24 Å². The van der Waals surface area contributed by atoms with Crippen LogP contribution in [0.4, 0.5) is 0 Å². The van der Waals surface area contributed by atoms with Crippen LogP contribution in [0, 0.1) is 0 Å². The van der Waals surface area contributed by atoms with Crippen LogP contribution in [0.5, 0.6) is 0 Å². The fraction of sp³-hybridized carbons (Fsp3) is 0.538. The summed E-state index contributed by atoms with van der Waals surface area (Å²) in [4.78, 5) is 2.34. The van der Waals surface area contributed by atoms with E-state index in [1.165, 1.54) is 18.4 Å². The van der Waals surface area contributed by atoms with Crippen molar-refractivity contribution < 1.29 is 0 Å². The van der Waals surface area contributed by atoms with Gasteiger partial charge in [-0.2, -0.15) is 0 Å². The van der Waals surface area contributed by atoms with E-state index in [-0.39, 0.29) is 0 Å². The summed E-state index contributed by atoms with van der Waals surface area (Å²) in [7, 11) is 4.36. The molecule has 0 radical (unpaired) electrons. The van der Waals surface area contributed by atoms with Gasteiger partial charge in [0, 0.05) is 6.04 Å². The predicted octanol–water partition coefficient (Wildman–Crippen LogP) is 2.28. The van der Waals surface area contributed by atoms with E-state index in [1.807, 2.05) is 0 Å². The molecule has 0 bridgehead atoms. The third-order valence-electron chi connectivity index (χ3n) is 3.32. The van der Waals surface area contributed by atoms with Crippen LogP contribution in [0.1, 0.15) is 23.6 Å². The number of aryl methyl sites for hydroxylation is 1. The molecule has 14 heavy (non-hydrogen) atoms. The van der Waals surface area contributed by atoms with Crippen molar-refractivity contribution in [3.05, 3.63) is 34.9 Å². The molecule has 0 N–H and O–H groups in total. The number of benzene rings is 1. The summed E-state index contributed by atoms with van der Waals surface area (Å²) in [5, 5.41) is 0. The monoisotopic (exact) mass is 189 g/mol. The minimum absolute atomic E-state index is 0.720. The summed E-state index contributed by atoms with van der Waals surface area (Å²) in [6, 6.07) is 7.70. The molecule has 1 aliphatic rings. The van der Waals surface area contributed by atoms with Crippen LogP contribution in [0.15, 0.2) is 18.2 Å². The van der Waals surface area contributed by atoms with Crippen LogP contribution in [-0.4, -0.2) is 25.0 Å². The number of nitrogens with zero attached hydrogens (tertiary/aromatic N) is 1. The quantitative estimate of drug-likeness (QED) is 0.690. The fourth-order valence-electron chi connectivity index (χ4n) is 2.23. The summed E-state index contributed by atoms with van der Waals surface area (Å²) >= 11 is 0. The summed E-state index contributed by atoms with van der Waals surface area (Å²) in [6.45, 7) is 2.22. The van der Waals surface area contributed by atoms with E-state index in [1.54, 1.807) is 11.1 Å². The Labute approximate surface area is 86.7 Å². The van der Waals surface area contributed by atoms with E-state index < -0.39 is 0 Å². The molecule has 0 fully saturated rings. The first kappa shape index (κ1) is 9.72. The highest BCUT2D eigenvalue weighted by molar-refractivity contribution is 5.37. The maximum atomic E-state index is 2.39. The molecular formula is C13H19N. The van der Waals surface area contributed by atoms with E-state index in [4.69, 9.17) is 0 Å². The van der Waals surface area contributed by atoms with Gasteiger partial charge in [0.25, 0.3) is 0 Å². The maximum Gasteiger partial charge on any atom is 0.0170 e. The molecule has 1 atom stereocenters. The Morgan fingerprint density at radius 1 is 1.21 bits per heavy atom. The Kier molecular flexibility index (Phi) is 2.60. The zero-order valence-corrected chi connectivity index (χ0v) is 9.38. The number of fused-ring (bicyclic) bond motifs is 1. The third-order valence-corrected chi connectivity index (χ3v) is 3.32. The average molecular weight is 189 g/mol. The molecule has 0 aromatic heterocycles. The van der Waals surface area contributed by atoms with Gasteiger partial charge in [0.2, 0.25) is 0 Å². The Bertz CT molecular complexity index is 328. The van der Waals surface area contributed by atoms with Crippen LogP contribution in [0.25, 0.3) is 0 Å². The Morgan fingerprint density at radius 3 is 2.57 bits per heavy atom. The lowest BCUT2D eigenvalue weighted by Crippen LogP contribution is -2.27. The summed E-state index contributed by atoms with van der Waals surface area (Å²) < 4.78 is 0. The molecule has 1 aromatic carbocycles. The molecule has 0 saturated heterocycles. The highest BCUT2D eigenvalue weighted by Crippen LogP contribution is 2.25. The normalized spacial score (nSPS) is 20.1. The van der Waals surface area contributed by atoms with Crippen LogP contribution in [-0.2, 0) is 19.3 Å². The molecule has 1 aliphatic carbocycles. The van der Waals surface area contributed by atoms with Gasteiger partial charge >= 0.3 is 0 Å². The second-order valence-electron chi connectivity index (χ2n) is 4.48. The van der Waals surface area contributed by atoms with Gasteiger partial charge in [-0.05, 0) is 50.0 Å². The Hall–Kier alpha value is -0.820. The Morgan fingerprint density at radius 2 is 1.93 bits per heavy atom. The average Bonchev–Trinajstić information content (AvgIpc) is 2.59. The first-order valence-corrected chi connectivity index (χ1v) is 5.47. The lowest BCUT2D eigenvalue weighted by Gasteiger charge is -2.17. The van der Waals surface area contributed by atoms with Gasteiger partial charge < -0.3 is 4.90 Å². The number of hydrogen-bond donors (Lipinski definition) is 0.